The summed E-state index contributed by atoms with van der Waals surface area (Å²) in [6, 6.07) is 0.355. The maximum absolute atomic E-state index is 9.21. The molecule has 1 rings (SSSR count). The Bertz CT molecular complexity index is 100. The summed E-state index contributed by atoms with van der Waals surface area (Å²) in [6.07, 6.45) is 1.58. The maximum Gasteiger partial charge on any atom is 0.0616 e. The fourth-order valence-corrected chi connectivity index (χ4v) is 1.31. The molecule has 0 saturated carbocycles. The zero-order valence-corrected chi connectivity index (χ0v) is 7.56. The van der Waals surface area contributed by atoms with Gasteiger partial charge in [-0.25, -0.2) is 0 Å². The van der Waals surface area contributed by atoms with Crippen LogP contribution in [0.5, 0.6) is 0 Å². The van der Waals surface area contributed by atoms with Crippen LogP contribution in [-0.2, 0) is 4.74 Å². The maximum atomic E-state index is 9.21. The molecule has 0 unspecified atom stereocenters. The fraction of sp³-hybridized carbons (Fsp3) is 1.00. The molecule has 1 saturated heterocycles. The molecule has 4 heteroatoms. The number of aliphatic hydroxyl groups excluding tert-OH is 1. The summed E-state index contributed by atoms with van der Waals surface area (Å²) < 4.78 is 4.96. The van der Waals surface area contributed by atoms with Crippen LogP contribution < -0.4 is 5.32 Å². The van der Waals surface area contributed by atoms with Crippen molar-refractivity contribution in [1.29, 1.82) is 0 Å². The van der Waals surface area contributed by atoms with Crippen molar-refractivity contribution in [3.63, 3.8) is 0 Å². The normalized spacial score (nSPS) is 31.1. The molecule has 2 atom stereocenters. The van der Waals surface area contributed by atoms with Gasteiger partial charge in [-0.05, 0) is 19.4 Å². The van der Waals surface area contributed by atoms with E-state index in [1.54, 1.807) is 7.11 Å². The molecule has 1 heterocycles. The Morgan fingerprint density at radius 1 is 1.64 bits per heavy atom. The van der Waals surface area contributed by atoms with E-state index in [4.69, 9.17) is 4.74 Å². The number of halogens is 1. The molecule has 0 aromatic heterocycles. The zero-order chi connectivity index (χ0) is 7.40. The minimum atomic E-state index is -0.124. The van der Waals surface area contributed by atoms with Crippen LogP contribution in [0.3, 0.4) is 0 Å². The van der Waals surface area contributed by atoms with Gasteiger partial charge in [0, 0.05) is 13.2 Å². The van der Waals surface area contributed by atoms with Gasteiger partial charge in [0.1, 0.15) is 0 Å². The lowest BCUT2D eigenvalue weighted by atomic mass is 10.0. The number of piperidine rings is 1. The summed E-state index contributed by atoms with van der Waals surface area (Å²) in [5.74, 6) is 0. The molecular formula is C7H16ClNO2. The van der Waals surface area contributed by atoms with Gasteiger partial charge >= 0.3 is 0 Å². The number of ether oxygens (including phenoxy) is 1. The third-order valence-electron chi connectivity index (χ3n) is 1.84. The predicted octanol–water partition coefficient (Wildman–Crippen LogP) is 0.168. The minimum absolute atomic E-state index is 0. The van der Waals surface area contributed by atoms with E-state index >= 15 is 0 Å². The van der Waals surface area contributed by atoms with Crippen molar-refractivity contribution in [1.82, 2.24) is 5.32 Å². The Balaban J connectivity index is 0.000001000. The molecule has 1 aliphatic heterocycles. The number of hydrogen-bond donors (Lipinski definition) is 2. The smallest absolute Gasteiger partial charge is 0.0616 e. The van der Waals surface area contributed by atoms with Crippen molar-refractivity contribution in [2.24, 2.45) is 0 Å². The lowest BCUT2D eigenvalue weighted by molar-refractivity contribution is 0.0812. The van der Waals surface area contributed by atoms with Crippen molar-refractivity contribution in [3.05, 3.63) is 0 Å². The molecule has 1 aliphatic rings. The van der Waals surface area contributed by atoms with Crippen LogP contribution in [0.4, 0.5) is 0 Å². The van der Waals surface area contributed by atoms with Gasteiger partial charge in [-0.3, -0.25) is 0 Å². The van der Waals surface area contributed by atoms with Crippen molar-refractivity contribution < 1.29 is 9.84 Å². The van der Waals surface area contributed by atoms with E-state index in [9.17, 15) is 5.11 Å². The molecule has 1 fully saturated rings. The number of methoxy groups -OCH3 is 1. The number of hydrogen-bond acceptors (Lipinski definition) is 3. The van der Waals surface area contributed by atoms with Crippen molar-refractivity contribution in [2.45, 2.75) is 25.0 Å². The second kappa shape index (κ2) is 5.77. The Morgan fingerprint density at radius 3 is 2.91 bits per heavy atom. The van der Waals surface area contributed by atoms with Crippen LogP contribution in [0.2, 0.25) is 0 Å². The average Bonchev–Trinajstić information content (AvgIpc) is 1.88. The summed E-state index contributed by atoms with van der Waals surface area (Å²) >= 11 is 0. The van der Waals surface area contributed by atoms with Crippen LogP contribution in [0, 0.1) is 0 Å². The molecule has 0 amide bonds. The van der Waals surface area contributed by atoms with E-state index in [1.165, 1.54) is 0 Å². The van der Waals surface area contributed by atoms with Gasteiger partial charge in [0.05, 0.1) is 12.7 Å². The quantitative estimate of drug-likeness (QED) is 0.638. The van der Waals surface area contributed by atoms with Gasteiger partial charge in [-0.15, -0.1) is 12.4 Å². The van der Waals surface area contributed by atoms with Gasteiger partial charge in [-0.2, -0.15) is 0 Å². The highest BCUT2D eigenvalue weighted by atomic mass is 35.5. The predicted molar refractivity (Wildman–Crippen MR) is 46.2 cm³/mol. The van der Waals surface area contributed by atoms with E-state index < -0.39 is 0 Å². The first-order valence-electron chi connectivity index (χ1n) is 3.73. The first-order chi connectivity index (χ1) is 4.83. The third kappa shape index (κ3) is 3.91. The molecule has 0 aliphatic carbocycles. The molecule has 3 nitrogen and oxygen atoms in total. The Hall–Kier alpha value is 0.170. The van der Waals surface area contributed by atoms with Crippen LogP contribution in [0.25, 0.3) is 0 Å². The topological polar surface area (TPSA) is 41.5 Å². The Labute approximate surface area is 73.5 Å². The summed E-state index contributed by atoms with van der Waals surface area (Å²) in [4.78, 5) is 0. The molecule has 0 aromatic carbocycles. The average molecular weight is 182 g/mol. The molecule has 0 spiro atoms. The molecule has 0 aromatic rings. The van der Waals surface area contributed by atoms with E-state index in [0.29, 0.717) is 12.6 Å². The van der Waals surface area contributed by atoms with Crippen molar-refractivity contribution in [2.75, 3.05) is 20.3 Å². The van der Waals surface area contributed by atoms with Crippen LogP contribution >= 0.6 is 12.4 Å². The van der Waals surface area contributed by atoms with Crippen LogP contribution in [0.1, 0.15) is 12.8 Å². The lowest BCUT2D eigenvalue weighted by Gasteiger charge is -2.26. The molecule has 2 N–H and O–H groups in total. The first-order valence-corrected chi connectivity index (χ1v) is 3.73. The van der Waals surface area contributed by atoms with E-state index in [2.05, 4.69) is 5.32 Å². The first kappa shape index (κ1) is 11.2. The number of rotatable bonds is 2. The number of nitrogens with one attached hydrogen (secondary N) is 1. The number of aliphatic hydroxyl groups is 1. The van der Waals surface area contributed by atoms with Crippen LogP contribution in [-0.4, -0.2) is 37.5 Å². The Kier molecular flexibility index (Phi) is 5.86. The fourth-order valence-electron chi connectivity index (χ4n) is 1.31. The second-order valence-electron chi connectivity index (χ2n) is 2.78. The third-order valence-corrected chi connectivity index (χ3v) is 1.84. The summed E-state index contributed by atoms with van der Waals surface area (Å²) in [7, 11) is 1.68. The van der Waals surface area contributed by atoms with E-state index in [1.807, 2.05) is 0 Å². The highest BCUT2D eigenvalue weighted by Crippen LogP contribution is 2.07. The van der Waals surface area contributed by atoms with Gasteiger partial charge in [0.15, 0.2) is 0 Å². The van der Waals surface area contributed by atoms with E-state index in [0.717, 1.165) is 19.4 Å². The van der Waals surface area contributed by atoms with Gasteiger partial charge in [0.2, 0.25) is 0 Å². The summed E-state index contributed by atoms with van der Waals surface area (Å²) in [6.45, 7) is 1.62. The van der Waals surface area contributed by atoms with Gasteiger partial charge < -0.3 is 15.2 Å². The zero-order valence-electron chi connectivity index (χ0n) is 6.75. The van der Waals surface area contributed by atoms with Gasteiger partial charge in [-0.1, -0.05) is 0 Å². The highest BCUT2D eigenvalue weighted by Gasteiger charge is 2.18. The SMILES string of the molecule is COC[C@@H]1C[C@H](O)CCN1.Cl. The Morgan fingerprint density at radius 2 is 2.36 bits per heavy atom. The summed E-state index contributed by atoms with van der Waals surface area (Å²) in [5.41, 5.74) is 0. The molecular weight excluding hydrogens is 166 g/mol. The van der Waals surface area contributed by atoms with Gasteiger partial charge in [0.25, 0.3) is 0 Å². The van der Waals surface area contributed by atoms with Crippen molar-refractivity contribution >= 4 is 12.4 Å². The standard InChI is InChI=1S/C7H15NO2.ClH/c1-10-5-6-4-7(9)2-3-8-6;/h6-9H,2-5H2,1H3;1H/t6-,7+;/m0./s1. The molecule has 0 radical (unpaired) electrons. The second-order valence-corrected chi connectivity index (χ2v) is 2.78. The molecule has 68 valence electrons. The van der Waals surface area contributed by atoms with E-state index in [-0.39, 0.29) is 18.5 Å². The van der Waals surface area contributed by atoms with Crippen molar-refractivity contribution in [3.8, 4) is 0 Å². The highest BCUT2D eigenvalue weighted by molar-refractivity contribution is 5.85. The lowest BCUT2D eigenvalue weighted by Crippen LogP contribution is -2.42. The van der Waals surface area contributed by atoms with Crippen LogP contribution in [0.15, 0.2) is 0 Å². The minimum Gasteiger partial charge on any atom is -0.393 e. The monoisotopic (exact) mass is 181 g/mol. The largest absolute Gasteiger partial charge is 0.393 e. The summed E-state index contributed by atoms with van der Waals surface area (Å²) in [5, 5.41) is 12.5. The molecule has 11 heavy (non-hydrogen) atoms. The molecule has 0 bridgehead atoms.